The molecule has 1 fully saturated rings. The Hall–Kier alpha value is -2.39. The molecule has 0 saturated carbocycles. The molecule has 2 N–H and O–H groups in total. The molecule has 4 atom stereocenters. The zero-order valence-corrected chi connectivity index (χ0v) is 26.0. The Labute approximate surface area is 244 Å². The van der Waals surface area contributed by atoms with Crippen molar-refractivity contribution >= 4 is 19.5 Å². The van der Waals surface area contributed by atoms with E-state index in [2.05, 4.69) is 4.98 Å². The van der Waals surface area contributed by atoms with Gasteiger partial charge in [0, 0.05) is 19.4 Å². The summed E-state index contributed by atoms with van der Waals surface area (Å²) in [6.07, 6.45) is -2.85. The van der Waals surface area contributed by atoms with E-state index in [1.165, 1.54) is 13.3 Å². The molecule has 16 heteroatoms. The molecule has 2 rings (SSSR count). The van der Waals surface area contributed by atoms with Crippen LogP contribution in [0.5, 0.6) is 0 Å². The highest BCUT2D eigenvalue weighted by molar-refractivity contribution is 7.53. The fourth-order valence-electron chi connectivity index (χ4n) is 3.66. The number of carbonyl (C=O) groups excluding carboxylic acids is 2. The average molecular weight is 623 g/mol. The van der Waals surface area contributed by atoms with Crippen molar-refractivity contribution in [3.05, 3.63) is 33.1 Å². The van der Waals surface area contributed by atoms with Gasteiger partial charge in [0.15, 0.2) is 6.23 Å². The maximum atomic E-state index is 13.5. The molecule has 1 aromatic rings. The molecule has 0 spiro atoms. The SMILES string of the molecule is COCCO[C@@H]1[C@H](O)[C@@H](CCCP(=O)(OCOC(=O)C(C)(C)C)OCOC(=O)C(C)(C)C)O[C@H]1n1ccc(=O)[nH]c1=O. The van der Waals surface area contributed by atoms with Gasteiger partial charge in [-0.05, 0) is 54.4 Å². The van der Waals surface area contributed by atoms with Crippen LogP contribution in [-0.4, -0.2) is 85.0 Å². The number of hydrogen-bond acceptors (Lipinski definition) is 13. The molecule has 0 aliphatic carbocycles. The molecule has 2 heterocycles. The lowest BCUT2D eigenvalue weighted by atomic mass is 9.98. The van der Waals surface area contributed by atoms with Crippen LogP contribution in [0, 0.1) is 10.8 Å². The molecule has 0 amide bonds. The van der Waals surface area contributed by atoms with E-state index in [1.807, 2.05) is 0 Å². The Morgan fingerprint density at radius 1 is 1.02 bits per heavy atom. The van der Waals surface area contributed by atoms with Crippen LogP contribution in [0.4, 0.5) is 0 Å². The van der Waals surface area contributed by atoms with Gasteiger partial charge in [-0.15, -0.1) is 0 Å². The predicted octanol–water partition coefficient (Wildman–Crippen LogP) is 1.93. The fraction of sp³-hybridized carbons (Fsp3) is 0.769. The molecule has 1 aromatic heterocycles. The number of aromatic nitrogens is 2. The minimum Gasteiger partial charge on any atom is -0.438 e. The summed E-state index contributed by atoms with van der Waals surface area (Å²) >= 11 is 0. The number of hydrogen-bond donors (Lipinski definition) is 2. The predicted molar refractivity (Wildman–Crippen MR) is 148 cm³/mol. The van der Waals surface area contributed by atoms with E-state index >= 15 is 0 Å². The molecule has 0 unspecified atom stereocenters. The van der Waals surface area contributed by atoms with Crippen molar-refractivity contribution in [2.24, 2.45) is 10.8 Å². The van der Waals surface area contributed by atoms with Crippen molar-refractivity contribution < 1.29 is 52.0 Å². The second-order valence-electron chi connectivity index (χ2n) is 11.7. The Morgan fingerprint density at radius 2 is 1.60 bits per heavy atom. The number of aliphatic hydroxyl groups is 1. The van der Waals surface area contributed by atoms with E-state index in [0.29, 0.717) is 0 Å². The lowest BCUT2D eigenvalue weighted by Gasteiger charge is -2.22. The molecule has 42 heavy (non-hydrogen) atoms. The van der Waals surface area contributed by atoms with E-state index < -0.39 is 79.7 Å². The van der Waals surface area contributed by atoms with Crippen LogP contribution in [0.25, 0.3) is 0 Å². The number of esters is 2. The monoisotopic (exact) mass is 622 g/mol. The summed E-state index contributed by atoms with van der Waals surface area (Å²) in [4.78, 5) is 50.3. The number of carbonyl (C=O) groups is 2. The van der Waals surface area contributed by atoms with Crippen LogP contribution in [0.3, 0.4) is 0 Å². The quantitative estimate of drug-likeness (QED) is 0.125. The zero-order chi connectivity index (χ0) is 31.7. The minimum atomic E-state index is -3.97. The van der Waals surface area contributed by atoms with Crippen LogP contribution in [0.15, 0.2) is 21.9 Å². The summed E-state index contributed by atoms with van der Waals surface area (Å²) in [5, 5.41) is 11.0. The van der Waals surface area contributed by atoms with Crippen LogP contribution in [0.2, 0.25) is 0 Å². The number of ether oxygens (including phenoxy) is 5. The standard InChI is InChI=1S/C26H43N2O13P/c1-25(2,3)22(31)37-15-39-42(34,40-16-38-23(32)26(4,5)6)14-8-9-17-19(30)20(36-13-12-35-7)21(41-17)28-11-10-18(29)27-24(28)33/h10-11,17,19-21,30H,8-9,12-16H2,1-7H3,(H,27,29,33)/t17-,19-,20-,21-/m1/s1. The van der Waals surface area contributed by atoms with E-state index in [9.17, 15) is 28.8 Å². The summed E-state index contributed by atoms with van der Waals surface area (Å²) in [6, 6.07) is 1.14. The van der Waals surface area contributed by atoms with Crippen LogP contribution >= 0.6 is 7.60 Å². The summed E-state index contributed by atoms with van der Waals surface area (Å²) in [5.41, 5.74) is -2.99. The Kier molecular flexibility index (Phi) is 13.1. The number of H-pyrrole nitrogens is 1. The summed E-state index contributed by atoms with van der Waals surface area (Å²) in [5.74, 6) is -1.17. The first-order valence-electron chi connectivity index (χ1n) is 13.5. The normalized spacial score (nSPS) is 21.3. The number of nitrogens with one attached hydrogen (secondary N) is 1. The number of aliphatic hydroxyl groups excluding tert-OH is 1. The van der Waals surface area contributed by atoms with Gasteiger partial charge in [-0.25, -0.2) is 4.79 Å². The summed E-state index contributed by atoms with van der Waals surface area (Å²) in [7, 11) is -2.49. The molecule has 1 aliphatic heterocycles. The molecule has 1 aliphatic rings. The first-order chi connectivity index (χ1) is 19.5. The molecule has 0 bridgehead atoms. The largest absolute Gasteiger partial charge is 0.438 e. The summed E-state index contributed by atoms with van der Waals surface area (Å²) in [6.45, 7) is 8.87. The lowest BCUT2D eigenvalue weighted by Crippen LogP contribution is -2.39. The van der Waals surface area contributed by atoms with Gasteiger partial charge in [-0.1, -0.05) is 0 Å². The highest BCUT2D eigenvalue weighted by Crippen LogP contribution is 2.49. The van der Waals surface area contributed by atoms with E-state index in [-0.39, 0.29) is 32.2 Å². The number of methoxy groups -OCH3 is 1. The van der Waals surface area contributed by atoms with Gasteiger partial charge >= 0.3 is 25.2 Å². The van der Waals surface area contributed by atoms with Crippen LogP contribution in [0.1, 0.15) is 60.6 Å². The number of aromatic amines is 1. The van der Waals surface area contributed by atoms with Gasteiger partial charge in [0.05, 0.1) is 36.3 Å². The third-order valence-electron chi connectivity index (χ3n) is 6.06. The van der Waals surface area contributed by atoms with E-state index in [1.54, 1.807) is 41.5 Å². The first kappa shape index (κ1) is 35.8. The van der Waals surface area contributed by atoms with E-state index in [0.717, 1.165) is 10.6 Å². The molecular formula is C26H43N2O13P. The lowest BCUT2D eigenvalue weighted by molar-refractivity contribution is -0.162. The van der Waals surface area contributed by atoms with Crippen molar-refractivity contribution in [3.8, 4) is 0 Å². The van der Waals surface area contributed by atoms with Crippen molar-refractivity contribution in [2.45, 2.75) is 78.9 Å². The van der Waals surface area contributed by atoms with Crippen LogP contribution in [-0.2, 0) is 46.9 Å². The second-order valence-corrected chi connectivity index (χ2v) is 13.9. The topological polar surface area (TPSA) is 191 Å². The Bertz CT molecular complexity index is 1160. The van der Waals surface area contributed by atoms with Crippen molar-refractivity contribution in [1.82, 2.24) is 9.55 Å². The molecular weight excluding hydrogens is 579 g/mol. The van der Waals surface area contributed by atoms with Crippen molar-refractivity contribution in [1.29, 1.82) is 0 Å². The molecule has 240 valence electrons. The van der Waals surface area contributed by atoms with Gasteiger partial charge < -0.3 is 28.8 Å². The van der Waals surface area contributed by atoms with Gasteiger partial charge in [0.2, 0.25) is 13.6 Å². The van der Waals surface area contributed by atoms with Gasteiger partial charge in [0.1, 0.15) is 12.2 Å². The molecule has 0 radical (unpaired) electrons. The smallest absolute Gasteiger partial charge is 0.336 e. The minimum absolute atomic E-state index is 0.0976. The van der Waals surface area contributed by atoms with Crippen molar-refractivity contribution in [2.75, 3.05) is 40.1 Å². The van der Waals surface area contributed by atoms with Gasteiger partial charge in [-0.3, -0.25) is 37.5 Å². The van der Waals surface area contributed by atoms with E-state index in [4.69, 9.17) is 32.7 Å². The third kappa shape index (κ3) is 10.7. The highest BCUT2D eigenvalue weighted by Gasteiger charge is 2.46. The second kappa shape index (κ2) is 15.4. The number of rotatable bonds is 15. The molecule has 1 saturated heterocycles. The highest BCUT2D eigenvalue weighted by atomic mass is 31.2. The third-order valence-corrected chi connectivity index (χ3v) is 7.92. The summed E-state index contributed by atoms with van der Waals surface area (Å²) < 4.78 is 52.1. The Morgan fingerprint density at radius 3 is 2.10 bits per heavy atom. The fourth-order valence-corrected chi connectivity index (χ4v) is 4.99. The average Bonchev–Trinajstić information content (AvgIpc) is 3.17. The van der Waals surface area contributed by atoms with Crippen molar-refractivity contribution in [3.63, 3.8) is 0 Å². The Balaban J connectivity index is 2.10. The zero-order valence-electron chi connectivity index (χ0n) is 25.2. The first-order valence-corrected chi connectivity index (χ1v) is 15.2. The maximum absolute atomic E-state index is 13.5. The molecule has 0 aromatic carbocycles. The van der Waals surface area contributed by atoms with Gasteiger partial charge in [0.25, 0.3) is 5.56 Å². The van der Waals surface area contributed by atoms with Crippen LogP contribution < -0.4 is 11.2 Å². The molecule has 15 nitrogen and oxygen atoms in total. The maximum Gasteiger partial charge on any atom is 0.336 e. The number of nitrogens with zero attached hydrogens (tertiary/aromatic N) is 1. The van der Waals surface area contributed by atoms with Gasteiger partial charge in [-0.2, -0.15) is 0 Å².